The minimum absolute atomic E-state index is 0.0712. The van der Waals surface area contributed by atoms with E-state index in [4.69, 9.17) is 5.11 Å². The summed E-state index contributed by atoms with van der Waals surface area (Å²) in [5, 5.41) is 15.1. The first-order valence-corrected chi connectivity index (χ1v) is 7.57. The third-order valence-corrected chi connectivity index (χ3v) is 4.52. The Bertz CT molecular complexity index is 605. The van der Waals surface area contributed by atoms with E-state index in [2.05, 4.69) is 19.7 Å². The molecule has 0 bridgehead atoms. The van der Waals surface area contributed by atoms with Gasteiger partial charge in [0.05, 0.1) is 6.04 Å². The molecular weight excluding hydrogens is 284 g/mol. The molecule has 1 aliphatic carbocycles. The highest BCUT2D eigenvalue weighted by Gasteiger charge is 2.28. The van der Waals surface area contributed by atoms with Crippen LogP contribution in [0.5, 0.6) is 0 Å². The molecule has 2 heterocycles. The molecule has 2 aromatic heterocycles. The van der Waals surface area contributed by atoms with Crippen molar-refractivity contribution in [3.05, 3.63) is 21.9 Å². The number of hydrogen-bond donors (Lipinski definition) is 2. The maximum absolute atomic E-state index is 10.8. The molecule has 1 saturated carbocycles. The number of nitrogens with zero attached hydrogens (tertiary/aromatic N) is 3. The van der Waals surface area contributed by atoms with E-state index in [1.54, 1.807) is 5.38 Å². The summed E-state index contributed by atoms with van der Waals surface area (Å²) in [5.41, 5.74) is 0.0876. The number of carbonyl (C=O) groups is 1. The Morgan fingerprint density at radius 1 is 1.53 bits per heavy atom. The fraction of sp³-hybridized carbons (Fsp3) is 0.455. The van der Waals surface area contributed by atoms with Crippen molar-refractivity contribution in [2.75, 3.05) is 5.32 Å². The Kier molecular flexibility index (Phi) is 3.19. The van der Waals surface area contributed by atoms with Crippen LogP contribution in [0, 0.1) is 0 Å². The second-order valence-corrected chi connectivity index (χ2v) is 6.12. The molecule has 19 heavy (non-hydrogen) atoms. The minimum atomic E-state index is -0.998. The molecule has 2 aromatic rings. The molecule has 8 heteroatoms. The van der Waals surface area contributed by atoms with Crippen LogP contribution in [0.25, 0.3) is 0 Å². The van der Waals surface area contributed by atoms with Crippen molar-refractivity contribution in [3.8, 4) is 0 Å². The first kappa shape index (κ1) is 12.5. The summed E-state index contributed by atoms with van der Waals surface area (Å²) < 4.78 is 4.32. The smallest absolute Gasteiger partial charge is 0.355 e. The van der Waals surface area contributed by atoms with Crippen LogP contribution in [0.3, 0.4) is 0 Å². The molecule has 0 saturated heterocycles. The first-order valence-electron chi connectivity index (χ1n) is 5.92. The van der Waals surface area contributed by atoms with Crippen molar-refractivity contribution in [3.63, 3.8) is 0 Å². The van der Waals surface area contributed by atoms with E-state index in [1.807, 2.05) is 6.92 Å². The molecule has 0 aromatic carbocycles. The van der Waals surface area contributed by atoms with Crippen LogP contribution in [-0.2, 0) is 0 Å². The largest absolute Gasteiger partial charge is 0.476 e. The lowest BCUT2D eigenvalue weighted by atomic mass is 10.3. The van der Waals surface area contributed by atoms with Crippen molar-refractivity contribution in [2.24, 2.45) is 0 Å². The fourth-order valence-electron chi connectivity index (χ4n) is 1.63. The lowest BCUT2D eigenvalue weighted by Gasteiger charge is -2.08. The average molecular weight is 296 g/mol. The van der Waals surface area contributed by atoms with Gasteiger partial charge in [0, 0.05) is 22.8 Å². The monoisotopic (exact) mass is 296 g/mol. The van der Waals surface area contributed by atoms with Crippen LogP contribution in [0.1, 0.15) is 53.0 Å². The van der Waals surface area contributed by atoms with Crippen LogP contribution >= 0.6 is 22.9 Å². The highest BCUT2D eigenvalue weighted by atomic mass is 32.1. The summed E-state index contributed by atoms with van der Waals surface area (Å²) in [6.45, 7) is 1.93. The van der Waals surface area contributed by atoms with E-state index in [0.717, 1.165) is 16.0 Å². The van der Waals surface area contributed by atoms with Gasteiger partial charge in [-0.05, 0) is 19.8 Å². The van der Waals surface area contributed by atoms with E-state index < -0.39 is 5.97 Å². The van der Waals surface area contributed by atoms with Gasteiger partial charge in [-0.15, -0.1) is 11.3 Å². The quantitative estimate of drug-likeness (QED) is 0.882. The molecule has 3 rings (SSSR count). The number of carboxylic acid groups (broad SMARTS) is 1. The standard InChI is InChI=1S/C11H12N4O2S2/c1-5(9-13-7(4-18-9)10(16)17)12-11-14-8(15-19-11)6-2-3-6/h4-6H,2-3H2,1H3,(H,16,17)(H,12,14,15). The van der Waals surface area contributed by atoms with Crippen LogP contribution in [-0.4, -0.2) is 25.4 Å². The van der Waals surface area contributed by atoms with Gasteiger partial charge in [-0.25, -0.2) is 14.8 Å². The van der Waals surface area contributed by atoms with Gasteiger partial charge in [0.15, 0.2) is 5.69 Å². The van der Waals surface area contributed by atoms with Crippen LogP contribution < -0.4 is 5.32 Å². The first-order chi connectivity index (χ1) is 9.13. The average Bonchev–Trinajstić information content (AvgIpc) is 2.92. The predicted molar refractivity (Wildman–Crippen MR) is 73.0 cm³/mol. The Morgan fingerprint density at radius 3 is 2.95 bits per heavy atom. The lowest BCUT2D eigenvalue weighted by Crippen LogP contribution is -2.07. The van der Waals surface area contributed by atoms with Gasteiger partial charge in [0.2, 0.25) is 5.13 Å². The van der Waals surface area contributed by atoms with E-state index in [-0.39, 0.29) is 11.7 Å². The summed E-state index contributed by atoms with van der Waals surface area (Å²) in [6, 6.07) is -0.0712. The van der Waals surface area contributed by atoms with Crippen LogP contribution in [0.2, 0.25) is 0 Å². The van der Waals surface area contributed by atoms with Gasteiger partial charge in [0.25, 0.3) is 0 Å². The predicted octanol–water partition coefficient (Wildman–Crippen LogP) is 2.74. The molecule has 1 unspecified atom stereocenters. The van der Waals surface area contributed by atoms with Gasteiger partial charge in [0.1, 0.15) is 10.8 Å². The van der Waals surface area contributed by atoms with E-state index in [9.17, 15) is 4.79 Å². The summed E-state index contributed by atoms with van der Waals surface area (Å²) in [7, 11) is 0. The maximum Gasteiger partial charge on any atom is 0.355 e. The van der Waals surface area contributed by atoms with Gasteiger partial charge >= 0.3 is 5.97 Å². The van der Waals surface area contributed by atoms with Crippen molar-refractivity contribution in [2.45, 2.75) is 31.7 Å². The fourth-order valence-corrected chi connectivity index (χ4v) is 3.17. The normalized spacial score (nSPS) is 16.3. The molecule has 0 spiro atoms. The number of thiazole rings is 1. The maximum atomic E-state index is 10.8. The molecule has 1 aliphatic rings. The number of aromatic carboxylic acids is 1. The highest BCUT2D eigenvalue weighted by Crippen LogP contribution is 2.39. The topological polar surface area (TPSA) is 88.0 Å². The third-order valence-electron chi connectivity index (χ3n) is 2.84. The molecule has 0 aliphatic heterocycles. The van der Waals surface area contributed by atoms with Gasteiger partial charge in [-0.3, -0.25) is 0 Å². The summed E-state index contributed by atoms with van der Waals surface area (Å²) >= 11 is 2.67. The van der Waals surface area contributed by atoms with E-state index in [0.29, 0.717) is 5.92 Å². The minimum Gasteiger partial charge on any atom is -0.476 e. The summed E-state index contributed by atoms with van der Waals surface area (Å²) in [5.74, 6) is 0.465. The van der Waals surface area contributed by atoms with Crippen molar-refractivity contribution >= 4 is 34.0 Å². The molecular formula is C11H12N4O2S2. The molecule has 6 nitrogen and oxygen atoms in total. The molecule has 100 valence electrons. The second-order valence-electron chi connectivity index (χ2n) is 4.47. The van der Waals surface area contributed by atoms with Gasteiger partial charge in [-0.2, -0.15) is 4.37 Å². The zero-order chi connectivity index (χ0) is 13.4. The zero-order valence-corrected chi connectivity index (χ0v) is 11.8. The summed E-state index contributed by atoms with van der Waals surface area (Å²) in [6.07, 6.45) is 2.36. The molecule has 1 fully saturated rings. The number of aromatic nitrogens is 3. The second kappa shape index (κ2) is 4.86. The molecule has 1 atom stereocenters. The van der Waals surface area contributed by atoms with Crippen molar-refractivity contribution in [1.82, 2.24) is 14.3 Å². The summed E-state index contributed by atoms with van der Waals surface area (Å²) in [4.78, 5) is 19.3. The lowest BCUT2D eigenvalue weighted by molar-refractivity contribution is 0.0691. The van der Waals surface area contributed by atoms with Crippen LogP contribution in [0.4, 0.5) is 5.13 Å². The molecule has 0 radical (unpaired) electrons. The Hall–Kier alpha value is -1.54. The van der Waals surface area contributed by atoms with Crippen LogP contribution in [0.15, 0.2) is 5.38 Å². The Morgan fingerprint density at radius 2 is 2.32 bits per heavy atom. The number of carboxylic acids is 1. The SMILES string of the molecule is CC(Nc1nc(C2CC2)ns1)c1nc(C(=O)O)cs1. The third kappa shape index (κ3) is 2.74. The Labute approximate surface area is 117 Å². The van der Waals surface area contributed by atoms with Gasteiger partial charge in [-0.1, -0.05) is 0 Å². The number of anilines is 1. The number of nitrogens with one attached hydrogen (secondary N) is 1. The number of hydrogen-bond acceptors (Lipinski definition) is 7. The van der Waals surface area contributed by atoms with E-state index in [1.165, 1.54) is 35.7 Å². The van der Waals surface area contributed by atoms with Gasteiger partial charge < -0.3 is 10.4 Å². The number of rotatable bonds is 5. The molecule has 2 N–H and O–H groups in total. The van der Waals surface area contributed by atoms with Crippen molar-refractivity contribution in [1.29, 1.82) is 0 Å². The molecule has 0 amide bonds. The van der Waals surface area contributed by atoms with Crippen molar-refractivity contribution < 1.29 is 9.90 Å². The zero-order valence-electron chi connectivity index (χ0n) is 10.2. The Balaban J connectivity index is 1.68. The highest BCUT2D eigenvalue weighted by molar-refractivity contribution is 7.10. The van der Waals surface area contributed by atoms with E-state index >= 15 is 0 Å².